The van der Waals surface area contributed by atoms with Crippen molar-refractivity contribution in [2.24, 2.45) is 0 Å². The summed E-state index contributed by atoms with van der Waals surface area (Å²) < 4.78 is 10.8. The van der Waals surface area contributed by atoms with Gasteiger partial charge in [0.2, 0.25) is 6.79 Å². The van der Waals surface area contributed by atoms with E-state index >= 15 is 0 Å². The molecular weight excluding hydrogens is 330 g/mol. The molecule has 0 aliphatic carbocycles. The molecular formula is C20H23N3O3. The van der Waals surface area contributed by atoms with Crippen LogP contribution in [-0.4, -0.2) is 30.8 Å². The number of ether oxygens (including phenoxy) is 2. The Bertz CT molecular complexity index is 803. The highest BCUT2D eigenvalue weighted by molar-refractivity contribution is 5.99. The molecule has 1 amide bonds. The van der Waals surface area contributed by atoms with Gasteiger partial charge in [0.25, 0.3) is 5.91 Å². The van der Waals surface area contributed by atoms with Crippen LogP contribution in [0.1, 0.15) is 48.1 Å². The smallest absolute Gasteiger partial charge is 0.255 e. The quantitative estimate of drug-likeness (QED) is 0.914. The van der Waals surface area contributed by atoms with Crippen molar-refractivity contribution in [3.05, 3.63) is 47.7 Å². The fourth-order valence-corrected chi connectivity index (χ4v) is 3.47. The average Bonchev–Trinajstić information content (AvgIpc) is 3.16. The second-order valence-electron chi connectivity index (χ2n) is 6.73. The molecule has 3 heterocycles. The van der Waals surface area contributed by atoms with Crippen molar-refractivity contribution in [1.82, 2.24) is 10.3 Å². The fourth-order valence-electron chi connectivity index (χ4n) is 3.47. The molecule has 1 unspecified atom stereocenters. The van der Waals surface area contributed by atoms with Crippen molar-refractivity contribution < 1.29 is 14.3 Å². The third-order valence-corrected chi connectivity index (χ3v) is 4.93. The first kappa shape index (κ1) is 16.7. The van der Waals surface area contributed by atoms with Crippen molar-refractivity contribution >= 4 is 11.7 Å². The predicted octanol–water partition coefficient (Wildman–Crippen LogP) is 3.29. The number of anilines is 1. The van der Waals surface area contributed by atoms with Gasteiger partial charge in [-0.3, -0.25) is 4.79 Å². The van der Waals surface area contributed by atoms with Gasteiger partial charge in [-0.15, -0.1) is 0 Å². The lowest BCUT2D eigenvalue weighted by Gasteiger charge is -2.29. The molecule has 6 nitrogen and oxygen atoms in total. The second-order valence-corrected chi connectivity index (χ2v) is 6.73. The summed E-state index contributed by atoms with van der Waals surface area (Å²) in [6.07, 6.45) is 5.28. The van der Waals surface area contributed by atoms with Crippen LogP contribution < -0.4 is 19.7 Å². The van der Waals surface area contributed by atoms with Crippen LogP contribution in [0, 0.1) is 0 Å². The molecule has 26 heavy (non-hydrogen) atoms. The monoisotopic (exact) mass is 353 g/mol. The maximum absolute atomic E-state index is 12.9. The number of carbonyl (C=O) groups excluding carboxylic acids is 1. The Morgan fingerprint density at radius 1 is 1.15 bits per heavy atom. The number of pyridine rings is 1. The summed E-state index contributed by atoms with van der Waals surface area (Å²) in [5.41, 5.74) is 1.60. The first-order valence-electron chi connectivity index (χ1n) is 9.13. The van der Waals surface area contributed by atoms with Crippen LogP contribution >= 0.6 is 0 Å². The Labute approximate surface area is 153 Å². The van der Waals surface area contributed by atoms with E-state index in [9.17, 15) is 4.79 Å². The van der Waals surface area contributed by atoms with Gasteiger partial charge in [0.1, 0.15) is 5.82 Å². The largest absolute Gasteiger partial charge is 0.454 e. The Morgan fingerprint density at radius 3 is 2.81 bits per heavy atom. The first-order chi connectivity index (χ1) is 12.7. The molecule has 1 N–H and O–H groups in total. The maximum Gasteiger partial charge on any atom is 0.255 e. The predicted molar refractivity (Wildman–Crippen MR) is 98.7 cm³/mol. The van der Waals surface area contributed by atoms with Crippen molar-refractivity contribution in [3.8, 4) is 11.5 Å². The number of benzene rings is 1. The average molecular weight is 353 g/mol. The number of carbonyl (C=O) groups is 1. The molecule has 2 aliphatic rings. The lowest BCUT2D eigenvalue weighted by molar-refractivity contribution is 0.0940. The van der Waals surface area contributed by atoms with E-state index in [1.165, 1.54) is 6.42 Å². The Hall–Kier alpha value is -2.76. The van der Waals surface area contributed by atoms with E-state index in [0.29, 0.717) is 5.56 Å². The van der Waals surface area contributed by atoms with E-state index in [1.54, 1.807) is 6.20 Å². The molecule has 0 spiro atoms. The van der Waals surface area contributed by atoms with Crippen LogP contribution in [0.2, 0.25) is 0 Å². The van der Waals surface area contributed by atoms with Gasteiger partial charge in [0.05, 0.1) is 11.6 Å². The number of hydrogen-bond donors (Lipinski definition) is 1. The molecule has 6 heteroatoms. The second kappa shape index (κ2) is 7.23. The van der Waals surface area contributed by atoms with Crippen molar-refractivity contribution in [2.75, 3.05) is 24.8 Å². The van der Waals surface area contributed by atoms with Crippen LogP contribution in [0.4, 0.5) is 5.82 Å². The minimum absolute atomic E-state index is 0.108. The van der Waals surface area contributed by atoms with E-state index < -0.39 is 0 Å². The number of hydrogen-bond acceptors (Lipinski definition) is 5. The number of nitrogens with zero attached hydrogens (tertiary/aromatic N) is 2. The molecule has 1 aromatic heterocycles. The SMILES string of the molecule is CC(NC(=O)c1cccnc1N1CCCCC1)c1ccc2c(c1)OCO2. The molecule has 136 valence electrons. The Kier molecular flexibility index (Phi) is 4.65. The topological polar surface area (TPSA) is 63.7 Å². The molecule has 4 rings (SSSR count). The Balaban J connectivity index is 1.51. The van der Waals surface area contributed by atoms with Gasteiger partial charge < -0.3 is 19.7 Å². The molecule has 0 bridgehead atoms. The highest BCUT2D eigenvalue weighted by Gasteiger charge is 2.22. The van der Waals surface area contributed by atoms with Crippen LogP contribution in [0.25, 0.3) is 0 Å². The zero-order valence-corrected chi connectivity index (χ0v) is 14.9. The summed E-state index contributed by atoms with van der Waals surface area (Å²) in [6, 6.07) is 9.26. The minimum atomic E-state index is -0.147. The number of fused-ring (bicyclic) bond motifs is 1. The van der Waals surface area contributed by atoms with Crippen molar-refractivity contribution in [2.45, 2.75) is 32.2 Å². The number of aromatic nitrogens is 1. The molecule has 1 fully saturated rings. The molecule has 2 aromatic rings. The van der Waals surface area contributed by atoms with Gasteiger partial charge in [-0.05, 0) is 56.0 Å². The van der Waals surface area contributed by atoms with Crippen LogP contribution in [0.15, 0.2) is 36.5 Å². The summed E-state index contributed by atoms with van der Waals surface area (Å²) in [4.78, 5) is 19.6. The first-order valence-corrected chi connectivity index (χ1v) is 9.13. The normalized spacial score (nSPS) is 17.0. The zero-order valence-electron chi connectivity index (χ0n) is 14.9. The highest BCUT2D eigenvalue weighted by atomic mass is 16.7. The standard InChI is InChI=1S/C20H23N3O3/c1-14(15-7-8-17-18(12-15)26-13-25-17)22-20(24)16-6-5-9-21-19(16)23-10-3-2-4-11-23/h5-9,12,14H,2-4,10-11,13H2,1H3,(H,22,24). The summed E-state index contributed by atoms with van der Waals surface area (Å²) in [5.74, 6) is 2.14. The highest BCUT2D eigenvalue weighted by Crippen LogP contribution is 2.34. The number of nitrogens with one attached hydrogen (secondary N) is 1. The zero-order chi connectivity index (χ0) is 17.9. The van der Waals surface area contributed by atoms with E-state index in [0.717, 1.165) is 48.8 Å². The van der Waals surface area contributed by atoms with Gasteiger partial charge in [-0.2, -0.15) is 0 Å². The van der Waals surface area contributed by atoms with E-state index in [1.807, 2.05) is 37.3 Å². The molecule has 1 aromatic carbocycles. The van der Waals surface area contributed by atoms with E-state index in [-0.39, 0.29) is 18.7 Å². The van der Waals surface area contributed by atoms with Crippen LogP contribution in [0.3, 0.4) is 0 Å². The number of amides is 1. The van der Waals surface area contributed by atoms with Gasteiger partial charge in [0.15, 0.2) is 11.5 Å². The lowest BCUT2D eigenvalue weighted by atomic mass is 10.1. The third kappa shape index (κ3) is 3.31. The molecule has 0 radical (unpaired) electrons. The van der Waals surface area contributed by atoms with Gasteiger partial charge in [-0.1, -0.05) is 6.07 Å². The van der Waals surface area contributed by atoms with Gasteiger partial charge >= 0.3 is 0 Å². The minimum Gasteiger partial charge on any atom is -0.454 e. The van der Waals surface area contributed by atoms with Crippen LogP contribution in [0.5, 0.6) is 11.5 Å². The molecule has 1 atom stereocenters. The summed E-state index contributed by atoms with van der Waals surface area (Å²) in [6.45, 7) is 4.12. The van der Waals surface area contributed by atoms with E-state index in [4.69, 9.17) is 9.47 Å². The maximum atomic E-state index is 12.9. The molecule has 1 saturated heterocycles. The fraction of sp³-hybridized carbons (Fsp3) is 0.400. The summed E-state index contributed by atoms with van der Waals surface area (Å²) in [5, 5.41) is 3.08. The number of piperidine rings is 1. The third-order valence-electron chi connectivity index (χ3n) is 4.93. The van der Waals surface area contributed by atoms with Gasteiger partial charge in [0, 0.05) is 19.3 Å². The number of rotatable bonds is 4. The van der Waals surface area contributed by atoms with E-state index in [2.05, 4.69) is 15.2 Å². The molecule has 2 aliphatic heterocycles. The lowest BCUT2D eigenvalue weighted by Crippen LogP contribution is -2.34. The van der Waals surface area contributed by atoms with Crippen LogP contribution in [-0.2, 0) is 0 Å². The van der Waals surface area contributed by atoms with Gasteiger partial charge in [-0.25, -0.2) is 4.98 Å². The van der Waals surface area contributed by atoms with Crippen molar-refractivity contribution in [3.63, 3.8) is 0 Å². The van der Waals surface area contributed by atoms with Crippen molar-refractivity contribution in [1.29, 1.82) is 0 Å². The molecule has 0 saturated carbocycles. The Morgan fingerprint density at radius 2 is 1.96 bits per heavy atom. The summed E-state index contributed by atoms with van der Waals surface area (Å²) in [7, 11) is 0. The summed E-state index contributed by atoms with van der Waals surface area (Å²) >= 11 is 0.